The molecule has 9 nitrogen and oxygen atoms in total. The lowest BCUT2D eigenvalue weighted by molar-refractivity contribution is -0.246. The predicted octanol–water partition coefficient (Wildman–Crippen LogP) is 5.83. The van der Waals surface area contributed by atoms with Crippen LogP contribution in [0.2, 0.25) is 0 Å². The number of rotatable bonds is 12. The van der Waals surface area contributed by atoms with Crippen LogP contribution >= 0.6 is 0 Å². The van der Waals surface area contributed by atoms with Gasteiger partial charge in [0.05, 0.1) is 38.4 Å². The molecule has 5 aliphatic carbocycles. The summed E-state index contributed by atoms with van der Waals surface area (Å²) in [6.07, 6.45) is 10.6. The lowest BCUT2D eigenvalue weighted by Crippen LogP contribution is -2.67. The van der Waals surface area contributed by atoms with E-state index in [2.05, 4.69) is 63.5 Å². The largest absolute Gasteiger partial charge is 0.467 e. The number of nitrogens with one attached hydrogen (secondary N) is 2. The van der Waals surface area contributed by atoms with Gasteiger partial charge in [-0.1, -0.05) is 46.8 Å². The zero-order valence-electron chi connectivity index (χ0n) is 31.8. The highest BCUT2D eigenvalue weighted by Crippen LogP contribution is 2.77. The Balaban J connectivity index is 1.20. The van der Waals surface area contributed by atoms with Gasteiger partial charge in [-0.25, -0.2) is 4.79 Å². The van der Waals surface area contributed by atoms with Gasteiger partial charge in [0, 0.05) is 6.54 Å². The van der Waals surface area contributed by atoms with Crippen molar-refractivity contribution in [3.63, 3.8) is 0 Å². The summed E-state index contributed by atoms with van der Waals surface area (Å²) >= 11 is 0. The van der Waals surface area contributed by atoms with Crippen LogP contribution in [0.15, 0.2) is 12.2 Å². The maximum absolute atomic E-state index is 14.3. The molecule has 0 saturated heterocycles. The molecule has 0 aromatic carbocycles. The van der Waals surface area contributed by atoms with Crippen molar-refractivity contribution in [2.45, 2.75) is 125 Å². The van der Waals surface area contributed by atoms with Crippen LogP contribution in [0.5, 0.6) is 0 Å². The third-order valence-corrected chi connectivity index (χ3v) is 15.6. The van der Waals surface area contributed by atoms with E-state index in [1.54, 1.807) is 6.92 Å². The van der Waals surface area contributed by atoms with Crippen molar-refractivity contribution >= 4 is 17.8 Å². The molecule has 278 valence electrons. The number of carbonyl (C=O) groups is 3. The monoisotopic (exact) mass is 686 g/mol. The van der Waals surface area contributed by atoms with Gasteiger partial charge in [-0.05, 0) is 129 Å². The quantitative estimate of drug-likeness (QED) is 0.134. The average molecular weight is 687 g/mol. The summed E-state index contributed by atoms with van der Waals surface area (Å²) in [6, 6.07) is -0.731. The number of fused-ring (bicyclic) bond motifs is 7. The van der Waals surface area contributed by atoms with E-state index in [1.807, 2.05) is 0 Å². The smallest absolute Gasteiger partial charge is 0.328 e. The van der Waals surface area contributed by atoms with Gasteiger partial charge < -0.3 is 30.0 Å². The Morgan fingerprint density at radius 2 is 1.57 bits per heavy atom. The Labute approximate surface area is 295 Å². The Morgan fingerprint density at radius 3 is 2.27 bits per heavy atom. The first kappa shape index (κ1) is 38.3. The second kappa shape index (κ2) is 14.2. The number of esters is 1. The van der Waals surface area contributed by atoms with Crippen LogP contribution in [0.25, 0.3) is 0 Å². The molecule has 0 spiro atoms. The molecule has 49 heavy (non-hydrogen) atoms. The molecule has 0 aliphatic heterocycles. The number of hydrogen-bond acceptors (Lipinski definition) is 7. The highest BCUT2D eigenvalue weighted by atomic mass is 16.5. The molecule has 3 N–H and O–H groups in total. The lowest BCUT2D eigenvalue weighted by Gasteiger charge is -2.72. The van der Waals surface area contributed by atoms with Gasteiger partial charge in [0.25, 0.3) is 0 Å². The van der Waals surface area contributed by atoms with Crippen molar-refractivity contribution in [3.05, 3.63) is 12.2 Å². The van der Waals surface area contributed by atoms with E-state index in [0.29, 0.717) is 49.3 Å². The molecule has 0 bridgehead atoms. The van der Waals surface area contributed by atoms with Crippen molar-refractivity contribution in [3.8, 4) is 0 Å². The Hall–Kier alpha value is -1.97. The summed E-state index contributed by atoms with van der Waals surface area (Å²) in [4.78, 5) is 37.7. The molecule has 5 rings (SSSR count). The second-order valence-electron chi connectivity index (χ2n) is 18.0. The van der Waals surface area contributed by atoms with Crippen LogP contribution in [-0.4, -0.2) is 75.1 Å². The van der Waals surface area contributed by atoms with Crippen molar-refractivity contribution in [1.29, 1.82) is 0 Å². The molecule has 5 aliphatic rings. The molecule has 0 radical (unpaired) electrons. The van der Waals surface area contributed by atoms with Gasteiger partial charge in [-0.15, -0.1) is 0 Å². The van der Waals surface area contributed by atoms with E-state index >= 15 is 0 Å². The van der Waals surface area contributed by atoms with Crippen LogP contribution in [-0.2, 0) is 28.6 Å². The minimum atomic E-state index is -0.731. The van der Waals surface area contributed by atoms with Crippen molar-refractivity contribution in [2.75, 3.05) is 40.1 Å². The highest BCUT2D eigenvalue weighted by Gasteiger charge is 2.71. The second-order valence-corrected chi connectivity index (χ2v) is 18.0. The number of ether oxygens (including phenoxy) is 3. The number of hydrogen-bond donors (Lipinski definition) is 3. The standard InChI is InChI=1S/C40H66N2O7/c1-25(2)27-12-17-40(35(46)41-20-21-48-22-23-49-24-32(44)42-26(3)34(45)47-9)19-18-38(7)28(33(27)40)10-11-30-37(6)15-14-31(43)36(4,5)29(37)13-16-39(30,38)8/h26-31,33,43H,1,10-24H2,2-9H3,(H,41,46)(H,42,44)/t26-,27-,28+,29-,30+,31-,33+,37-,38+,39+,40-/m0/s1. The van der Waals surface area contributed by atoms with E-state index < -0.39 is 17.9 Å². The minimum Gasteiger partial charge on any atom is -0.467 e. The average Bonchev–Trinajstić information content (AvgIpc) is 3.45. The van der Waals surface area contributed by atoms with Crippen LogP contribution in [0.4, 0.5) is 0 Å². The molecule has 5 saturated carbocycles. The van der Waals surface area contributed by atoms with Gasteiger partial charge in [-0.2, -0.15) is 0 Å². The van der Waals surface area contributed by atoms with Crippen molar-refractivity contribution in [2.24, 2.45) is 56.7 Å². The van der Waals surface area contributed by atoms with Crippen molar-refractivity contribution < 1.29 is 33.7 Å². The Bertz CT molecular complexity index is 1270. The summed E-state index contributed by atoms with van der Waals surface area (Å²) in [7, 11) is 1.28. The van der Waals surface area contributed by atoms with Gasteiger partial charge in [0.2, 0.25) is 11.8 Å². The third kappa shape index (κ3) is 6.41. The summed E-state index contributed by atoms with van der Waals surface area (Å²) in [6.45, 7) is 21.8. The van der Waals surface area contributed by atoms with E-state index in [1.165, 1.54) is 38.4 Å². The van der Waals surface area contributed by atoms with E-state index in [4.69, 9.17) is 9.47 Å². The molecule has 0 aromatic rings. The van der Waals surface area contributed by atoms with Gasteiger partial charge in [0.1, 0.15) is 12.6 Å². The fraction of sp³-hybridized carbons (Fsp3) is 0.875. The van der Waals surface area contributed by atoms with E-state index in [-0.39, 0.29) is 52.3 Å². The minimum absolute atomic E-state index is 0.0543. The topological polar surface area (TPSA) is 123 Å². The number of aliphatic hydroxyl groups is 1. The molecule has 11 atom stereocenters. The van der Waals surface area contributed by atoms with Crippen LogP contribution in [0.1, 0.15) is 113 Å². The first-order chi connectivity index (χ1) is 23.0. The highest BCUT2D eigenvalue weighted by molar-refractivity contribution is 5.85. The number of allylic oxidation sites excluding steroid dienone is 1. The molecular weight excluding hydrogens is 620 g/mol. The van der Waals surface area contributed by atoms with Crippen LogP contribution < -0.4 is 10.6 Å². The number of methoxy groups -OCH3 is 1. The predicted molar refractivity (Wildman–Crippen MR) is 189 cm³/mol. The molecule has 0 unspecified atom stereocenters. The molecule has 2 amide bonds. The molecular formula is C40H66N2O7. The molecule has 5 fully saturated rings. The molecule has 9 heteroatoms. The number of aliphatic hydroxyl groups excluding tert-OH is 1. The van der Waals surface area contributed by atoms with E-state index in [0.717, 1.165) is 38.5 Å². The number of carbonyl (C=O) groups excluding carboxylic acids is 3. The number of amides is 2. The fourth-order valence-electron chi connectivity index (χ4n) is 12.8. The zero-order valence-corrected chi connectivity index (χ0v) is 31.8. The first-order valence-corrected chi connectivity index (χ1v) is 19.1. The lowest BCUT2D eigenvalue weighted by atomic mass is 9.32. The Morgan fingerprint density at radius 1 is 0.857 bits per heavy atom. The third-order valence-electron chi connectivity index (χ3n) is 15.6. The Kier molecular flexibility index (Phi) is 11.1. The maximum Gasteiger partial charge on any atom is 0.328 e. The van der Waals surface area contributed by atoms with E-state index in [9.17, 15) is 19.5 Å². The fourth-order valence-corrected chi connectivity index (χ4v) is 12.8. The van der Waals surface area contributed by atoms with Gasteiger partial charge >= 0.3 is 5.97 Å². The molecule has 0 heterocycles. The zero-order chi connectivity index (χ0) is 36.0. The summed E-state index contributed by atoms with van der Waals surface area (Å²) < 4.78 is 15.7. The van der Waals surface area contributed by atoms with Gasteiger partial charge in [0.15, 0.2) is 0 Å². The van der Waals surface area contributed by atoms with Gasteiger partial charge in [-0.3, -0.25) is 9.59 Å². The van der Waals surface area contributed by atoms with Crippen LogP contribution in [0, 0.1) is 56.7 Å². The summed E-state index contributed by atoms with van der Waals surface area (Å²) in [5.41, 5.74) is 1.41. The van der Waals surface area contributed by atoms with Crippen LogP contribution in [0.3, 0.4) is 0 Å². The van der Waals surface area contributed by atoms with Crippen molar-refractivity contribution in [1.82, 2.24) is 10.6 Å². The molecule has 0 aromatic heterocycles. The SMILES string of the molecule is C=C(C)[C@@H]1CC[C@]2(C(=O)NCCOCCOCC(=O)N[C@@H](C)C(=O)OC)CC[C@]3(C)[C@H](CC[C@@H]4[C@@]5(C)CC[C@H](O)C(C)(C)[C@@H]5CC[C@]43C)[C@@H]12. The normalized spacial score (nSPS) is 41.2. The summed E-state index contributed by atoms with van der Waals surface area (Å²) in [5.74, 6) is 1.62. The first-order valence-electron chi connectivity index (χ1n) is 19.1. The maximum atomic E-state index is 14.3. The summed E-state index contributed by atoms with van der Waals surface area (Å²) in [5, 5.41) is 16.9.